The van der Waals surface area contributed by atoms with Crippen molar-refractivity contribution in [1.82, 2.24) is 14.8 Å². The summed E-state index contributed by atoms with van der Waals surface area (Å²) in [6.45, 7) is 10.5. The highest BCUT2D eigenvalue weighted by molar-refractivity contribution is 7.07. The highest BCUT2D eigenvalue weighted by Gasteiger charge is 2.46. The highest BCUT2D eigenvalue weighted by Crippen LogP contribution is 2.36. The van der Waals surface area contributed by atoms with Crippen LogP contribution in [-0.2, 0) is 6.54 Å². The first-order valence-electron chi connectivity index (χ1n) is 6.42. The lowest BCUT2D eigenvalue weighted by atomic mass is 9.84. The number of nitrogens with zero attached hydrogens (tertiary/aromatic N) is 3. The largest absolute Gasteiger partial charge is 0.295 e. The lowest BCUT2D eigenvalue weighted by Crippen LogP contribution is -2.70. The molecule has 4 heteroatoms. The second-order valence-electron chi connectivity index (χ2n) is 6.27. The van der Waals surface area contributed by atoms with Gasteiger partial charge >= 0.3 is 0 Å². The van der Waals surface area contributed by atoms with Crippen molar-refractivity contribution in [1.29, 1.82) is 0 Å². The third-order valence-corrected chi connectivity index (χ3v) is 4.76. The Kier molecular flexibility index (Phi) is 2.76. The smallest absolute Gasteiger partial charge is 0.0795 e. The summed E-state index contributed by atoms with van der Waals surface area (Å²) in [4.78, 5) is 9.66. The maximum atomic E-state index is 4.40. The average molecular weight is 251 g/mol. The van der Waals surface area contributed by atoms with Crippen LogP contribution in [-0.4, -0.2) is 45.5 Å². The standard InChI is InChI=1S/C13H21N3S/c1-13(2,3)15-6-11-4-12(7-15)16(11)5-10-8-17-9-14-10/h8-9,11-12H,4-7H2,1-3H3. The third-order valence-electron chi connectivity index (χ3n) is 4.12. The Morgan fingerprint density at radius 3 is 2.59 bits per heavy atom. The molecule has 2 unspecified atom stereocenters. The van der Waals surface area contributed by atoms with Crippen LogP contribution < -0.4 is 0 Å². The van der Waals surface area contributed by atoms with Gasteiger partial charge in [-0.1, -0.05) is 0 Å². The topological polar surface area (TPSA) is 19.4 Å². The van der Waals surface area contributed by atoms with Gasteiger partial charge in [0.2, 0.25) is 0 Å². The number of fused-ring (bicyclic) bond motifs is 2. The molecule has 3 aliphatic heterocycles. The normalized spacial score (nSPS) is 30.3. The molecule has 94 valence electrons. The maximum absolute atomic E-state index is 4.40. The van der Waals surface area contributed by atoms with Gasteiger partial charge < -0.3 is 0 Å². The summed E-state index contributed by atoms with van der Waals surface area (Å²) < 4.78 is 0. The zero-order chi connectivity index (χ0) is 12.0. The van der Waals surface area contributed by atoms with Crippen LogP contribution in [0.15, 0.2) is 10.9 Å². The first-order chi connectivity index (χ1) is 8.04. The summed E-state index contributed by atoms with van der Waals surface area (Å²) in [5.41, 5.74) is 3.50. The predicted octanol–water partition coefficient (Wildman–Crippen LogP) is 2.20. The van der Waals surface area contributed by atoms with Crippen molar-refractivity contribution in [2.75, 3.05) is 13.1 Å². The zero-order valence-corrected chi connectivity index (χ0v) is 11.7. The van der Waals surface area contributed by atoms with Gasteiger partial charge in [0, 0.05) is 42.6 Å². The van der Waals surface area contributed by atoms with Crippen LogP contribution in [0.25, 0.3) is 0 Å². The van der Waals surface area contributed by atoms with E-state index in [9.17, 15) is 0 Å². The third kappa shape index (κ3) is 2.14. The SMILES string of the molecule is CC(C)(C)N1CC2CC(C1)N2Cc1cscn1. The van der Waals surface area contributed by atoms with Crippen molar-refractivity contribution < 1.29 is 0 Å². The number of thiazole rings is 1. The Balaban J connectivity index is 1.62. The Morgan fingerprint density at radius 1 is 1.35 bits per heavy atom. The van der Waals surface area contributed by atoms with E-state index in [1.54, 1.807) is 11.3 Å². The highest BCUT2D eigenvalue weighted by atomic mass is 32.1. The molecule has 0 amide bonds. The van der Waals surface area contributed by atoms with E-state index in [0.717, 1.165) is 18.6 Å². The first kappa shape index (κ1) is 11.6. The Labute approximate surface area is 107 Å². The molecule has 4 rings (SSSR count). The predicted molar refractivity (Wildman–Crippen MR) is 71.2 cm³/mol. The minimum absolute atomic E-state index is 0.323. The number of rotatable bonds is 2. The quantitative estimate of drug-likeness (QED) is 0.803. The van der Waals surface area contributed by atoms with Gasteiger partial charge in [0.05, 0.1) is 11.2 Å². The number of hydrogen-bond acceptors (Lipinski definition) is 4. The van der Waals surface area contributed by atoms with Crippen LogP contribution in [0.3, 0.4) is 0 Å². The molecule has 3 aliphatic rings. The number of aromatic nitrogens is 1. The Morgan fingerprint density at radius 2 is 2.06 bits per heavy atom. The molecule has 0 saturated carbocycles. The monoisotopic (exact) mass is 251 g/mol. The van der Waals surface area contributed by atoms with Crippen molar-refractivity contribution in [2.45, 2.75) is 51.4 Å². The lowest BCUT2D eigenvalue weighted by Gasteiger charge is -2.59. The summed E-state index contributed by atoms with van der Waals surface area (Å²) in [6, 6.07) is 1.52. The van der Waals surface area contributed by atoms with E-state index in [4.69, 9.17) is 0 Å². The molecule has 1 aromatic rings. The summed E-state index contributed by atoms with van der Waals surface area (Å²) in [5.74, 6) is 0. The Bertz CT molecular complexity index is 370. The molecule has 17 heavy (non-hydrogen) atoms. The fourth-order valence-electron chi connectivity index (χ4n) is 3.00. The average Bonchev–Trinajstić information content (AvgIpc) is 2.77. The lowest BCUT2D eigenvalue weighted by molar-refractivity contribution is -0.100. The van der Waals surface area contributed by atoms with Crippen molar-refractivity contribution in [3.8, 4) is 0 Å². The minimum atomic E-state index is 0.323. The van der Waals surface area contributed by atoms with Crippen LogP contribution >= 0.6 is 11.3 Å². The molecule has 3 saturated heterocycles. The number of piperidine rings is 1. The van der Waals surface area contributed by atoms with Gasteiger partial charge in [-0.3, -0.25) is 9.80 Å². The van der Waals surface area contributed by atoms with Crippen molar-refractivity contribution in [3.63, 3.8) is 0 Å². The summed E-state index contributed by atoms with van der Waals surface area (Å²) >= 11 is 1.70. The van der Waals surface area contributed by atoms with E-state index < -0.39 is 0 Å². The fraction of sp³-hybridized carbons (Fsp3) is 0.769. The molecule has 2 atom stereocenters. The number of hydrogen-bond donors (Lipinski definition) is 0. The molecule has 0 N–H and O–H groups in total. The fourth-order valence-corrected chi connectivity index (χ4v) is 3.55. The summed E-state index contributed by atoms with van der Waals surface area (Å²) in [7, 11) is 0. The van der Waals surface area contributed by atoms with Crippen molar-refractivity contribution in [3.05, 3.63) is 16.6 Å². The molecule has 3 nitrogen and oxygen atoms in total. The van der Waals surface area contributed by atoms with Crippen LogP contribution in [0.5, 0.6) is 0 Å². The van der Waals surface area contributed by atoms with Crippen LogP contribution in [0.1, 0.15) is 32.9 Å². The summed E-state index contributed by atoms with van der Waals surface area (Å²) in [5, 5.41) is 2.18. The van der Waals surface area contributed by atoms with E-state index in [1.165, 1.54) is 25.2 Å². The van der Waals surface area contributed by atoms with Crippen molar-refractivity contribution >= 4 is 11.3 Å². The molecule has 0 spiro atoms. The van der Waals surface area contributed by atoms with Crippen LogP contribution in [0, 0.1) is 0 Å². The minimum Gasteiger partial charge on any atom is -0.295 e. The second-order valence-corrected chi connectivity index (χ2v) is 6.99. The van der Waals surface area contributed by atoms with Gasteiger partial charge in [-0.05, 0) is 27.2 Å². The first-order valence-corrected chi connectivity index (χ1v) is 7.36. The molecule has 2 bridgehead atoms. The van der Waals surface area contributed by atoms with Crippen molar-refractivity contribution in [2.24, 2.45) is 0 Å². The molecule has 0 radical (unpaired) electrons. The molecule has 4 heterocycles. The van der Waals surface area contributed by atoms with E-state index in [2.05, 4.69) is 40.9 Å². The zero-order valence-electron chi connectivity index (χ0n) is 10.9. The molecular formula is C13H21N3S. The van der Waals surface area contributed by atoms with E-state index >= 15 is 0 Å². The van der Waals surface area contributed by atoms with E-state index in [-0.39, 0.29) is 0 Å². The van der Waals surface area contributed by atoms with Gasteiger partial charge in [-0.15, -0.1) is 11.3 Å². The van der Waals surface area contributed by atoms with Gasteiger partial charge in [0.25, 0.3) is 0 Å². The van der Waals surface area contributed by atoms with Crippen LogP contribution in [0.2, 0.25) is 0 Å². The van der Waals surface area contributed by atoms with E-state index in [0.29, 0.717) is 5.54 Å². The second kappa shape index (κ2) is 4.04. The number of piperazine rings is 1. The molecule has 0 aliphatic carbocycles. The molecule has 0 aromatic carbocycles. The van der Waals surface area contributed by atoms with Gasteiger partial charge in [-0.25, -0.2) is 4.98 Å². The van der Waals surface area contributed by atoms with E-state index in [1.807, 2.05) is 5.51 Å². The molecular weight excluding hydrogens is 230 g/mol. The van der Waals surface area contributed by atoms with Gasteiger partial charge in [0.15, 0.2) is 0 Å². The van der Waals surface area contributed by atoms with Gasteiger partial charge in [0.1, 0.15) is 0 Å². The summed E-state index contributed by atoms with van der Waals surface area (Å²) in [6.07, 6.45) is 1.39. The maximum Gasteiger partial charge on any atom is 0.0795 e. The van der Waals surface area contributed by atoms with Gasteiger partial charge in [-0.2, -0.15) is 0 Å². The van der Waals surface area contributed by atoms with Crippen LogP contribution in [0.4, 0.5) is 0 Å². The molecule has 1 aromatic heterocycles. The molecule has 3 fully saturated rings. The Hall–Kier alpha value is -0.450.